The average molecular weight is 282 g/mol. The standard InChI is InChI=1S/C12H9BrFNO/c1-6(2)11-8-3-7(13)4-9(14)12(8)16-10(11)5-15/h3-4,6H,1-2H3. The minimum atomic E-state index is -0.451. The lowest BCUT2D eigenvalue weighted by Crippen LogP contribution is -1.88. The van der Waals surface area contributed by atoms with Crippen LogP contribution in [-0.4, -0.2) is 0 Å². The topological polar surface area (TPSA) is 36.9 Å². The van der Waals surface area contributed by atoms with E-state index in [2.05, 4.69) is 15.9 Å². The molecule has 4 heteroatoms. The fourth-order valence-corrected chi connectivity index (χ4v) is 2.23. The van der Waals surface area contributed by atoms with Crippen LogP contribution in [0, 0.1) is 17.1 Å². The molecule has 82 valence electrons. The quantitative estimate of drug-likeness (QED) is 0.780. The van der Waals surface area contributed by atoms with Crippen molar-refractivity contribution in [1.82, 2.24) is 0 Å². The molecule has 0 aliphatic rings. The molecular weight excluding hydrogens is 273 g/mol. The zero-order valence-corrected chi connectivity index (χ0v) is 10.4. The molecule has 0 aliphatic heterocycles. The van der Waals surface area contributed by atoms with Crippen LogP contribution in [0.15, 0.2) is 21.0 Å². The fraction of sp³-hybridized carbons (Fsp3) is 0.250. The summed E-state index contributed by atoms with van der Waals surface area (Å²) < 4.78 is 19.5. The van der Waals surface area contributed by atoms with Crippen LogP contribution >= 0.6 is 15.9 Å². The van der Waals surface area contributed by atoms with Gasteiger partial charge in [0, 0.05) is 15.4 Å². The van der Waals surface area contributed by atoms with Gasteiger partial charge in [0.15, 0.2) is 11.4 Å². The molecule has 2 aromatic rings. The lowest BCUT2D eigenvalue weighted by molar-refractivity contribution is 0.546. The zero-order valence-electron chi connectivity index (χ0n) is 8.84. The summed E-state index contributed by atoms with van der Waals surface area (Å²) in [5.41, 5.74) is 0.918. The average Bonchev–Trinajstić information content (AvgIpc) is 2.56. The van der Waals surface area contributed by atoms with E-state index in [1.165, 1.54) is 6.07 Å². The highest BCUT2D eigenvalue weighted by atomic mass is 79.9. The molecule has 0 unspecified atom stereocenters. The Hall–Kier alpha value is -1.34. The van der Waals surface area contributed by atoms with Crippen molar-refractivity contribution in [3.8, 4) is 6.07 Å². The van der Waals surface area contributed by atoms with Crippen LogP contribution in [0.25, 0.3) is 11.0 Å². The number of hydrogen-bond acceptors (Lipinski definition) is 2. The minimum Gasteiger partial charge on any atom is -0.442 e. The third kappa shape index (κ3) is 1.61. The molecule has 1 aromatic carbocycles. The predicted molar refractivity (Wildman–Crippen MR) is 62.7 cm³/mol. The van der Waals surface area contributed by atoms with Crippen molar-refractivity contribution in [3.05, 3.63) is 33.7 Å². The maximum Gasteiger partial charge on any atom is 0.208 e. The smallest absolute Gasteiger partial charge is 0.208 e. The molecule has 16 heavy (non-hydrogen) atoms. The third-order valence-corrected chi connectivity index (χ3v) is 2.88. The van der Waals surface area contributed by atoms with Gasteiger partial charge < -0.3 is 4.42 Å². The number of benzene rings is 1. The first-order chi connectivity index (χ1) is 7.54. The van der Waals surface area contributed by atoms with Gasteiger partial charge in [-0.15, -0.1) is 0 Å². The molecule has 0 spiro atoms. The van der Waals surface area contributed by atoms with Crippen LogP contribution in [0.1, 0.15) is 31.1 Å². The van der Waals surface area contributed by atoms with Crippen LogP contribution in [0.4, 0.5) is 4.39 Å². The van der Waals surface area contributed by atoms with Gasteiger partial charge >= 0.3 is 0 Å². The van der Waals surface area contributed by atoms with Crippen molar-refractivity contribution in [2.24, 2.45) is 0 Å². The van der Waals surface area contributed by atoms with Crippen LogP contribution in [0.3, 0.4) is 0 Å². The molecule has 0 saturated carbocycles. The van der Waals surface area contributed by atoms with Gasteiger partial charge in [-0.1, -0.05) is 29.8 Å². The maximum atomic E-state index is 13.6. The largest absolute Gasteiger partial charge is 0.442 e. The first kappa shape index (κ1) is 11.2. The third-order valence-electron chi connectivity index (χ3n) is 2.43. The van der Waals surface area contributed by atoms with Gasteiger partial charge in [-0.05, 0) is 18.1 Å². The predicted octanol–water partition coefficient (Wildman–Crippen LogP) is 4.33. The highest BCUT2D eigenvalue weighted by Gasteiger charge is 2.19. The molecule has 2 rings (SSSR count). The van der Waals surface area contributed by atoms with Gasteiger partial charge in [0.2, 0.25) is 5.76 Å². The van der Waals surface area contributed by atoms with E-state index in [0.717, 1.165) is 5.56 Å². The number of furan rings is 1. The van der Waals surface area contributed by atoms with E-state index in [-0.39, 0.29) is 17.3 Å². The number of nitrogens with zero attached hydrogens (tertiary/aromatic N) is 1. The molecule has 0 amide bonds. The van der Waals surface area contributed by atoms with Crippen molar-refractivity contribution in [2.75, 3.05) is 0 Å². The summed E-state index contributed by atoms with van der Waals surface area (Å²) in [5, 5.41) is 9.62. The Kier molecular flexibility index (Phi) is 2.73. The number of rotatable bonds is 1. The molecule has 0 aliphatic carbocycles. The molecule has 0 N–H and O–H groups in total. The van der Waals surface area contributed by atoms with E-state index in [0.29, 0.717) is 9.86 Å². The van der Waals surface area contributed by atoms with Crippen molar-refractivity contribution >= 4 is 26.9 Å². The van der Waals surface area contributed by atoms with E-state index < -0.39 is 5.82 Å². The number of fused-ring (bicyclic) bond motifs is 1. The molecule has 1 aromatic heterocycles. The van der Waals surface area contributed by atoms with E-state index in [4.69, 9.17) is 9.68 Å². The summed E-state index contributed by atoms with van der Waals surface area (Å²) in [6, 6.07) is 5.07. The maximum absolute atomic E-state index is 13.6. The number of hydrogen-bond donors (Lipinski definition) is 0. The summed E-state index contributed by atoms with van der Waals surface area (Å²) in [6.07, 6.45) is 0. The van der Waals surface area contributed by atoms with Crippen molar-refractivity contribution in [1.29, 1.82) is 5.26 Å². The molecule has 1 heterocycles. The van der Waals surface area contributed by atoms with Crippen LogP contribution in [0.5, 0.6) is 0 Å². The van der Waals surface area contributed by atoms with Gasteiger partial charge in [-0.25, -0.2) is 4.39 Å². The second-order valence-corrected chi connectivity index (χ2v) is 4.79. The highest BCUT2D eigenvalue weighted by molar-refractivity contribution is 9.10. The van der Waals surface area contributed by atoms with Crippen molar-refractivity contribution in [3.63, 3.8) is 0 Å². The Balaban J connectivity index is 2.91. The molecule has 0 fully saturated rings. The van der Waals surface area contributed by atoms with E-state index in [9.17, 15) is 4.39 Å². The highest BCUT2D eigenvalue weighted by Crippen LogP contribution is 2.34. The van der Waals surface area contributed by atoms with Gasteiger partial charge in [0.1, 0.15) is 6.07 Å². The molecule has 2 nitrogen and oxygen atoms in total. The van der Waals surface area contributed by atoms with Crippen LogP contribution in [0.2, 0.25) is 0 Å². The molecule has 0 saturated heterocycles. The second kappa shape index (κ2) is 3.91. The normalized spacial score (nSPS) is 11.0. The number of halogens is 2. The zero-order chi connectivity index (χ0) is 11.9. The second-order valence-electron chi connectivity index (χ2n) is 3.88. The van der Waals surface area contributed by atoms with Crippen molar-refractivity contribution < 1.29 is 8.81 Å². The first-order valence-corrected chi connectivity index (χ1v) is 5.65. The first-order valence-electron chi connectivity index (χ1n) is 4.86. The monoisotopic (exact) mass is 281 g/mol. The van der Waals surface area contributed by atoms with Gasteiger partial charge in [-0.3, -0.25) is 0 Å². The summed E-state index contributed by atoms with van der Waals surface area (Å²) >= 11 is 3.23. The summed E-state index contributed by atoms with van der Waals surface area (Å²) in [7, 11) is 0. The molecule has 0 atom stereocenters. The van der Waals surface area contributed by atoms with E-state index in [1.54, 1.807) is 6.07 Å². The Morgan fingerprint density at radius 2 is 2.12 bits per heavy atom. The van der Waals surface area contributed by atoms with Crippen molar-refractivity contribution in [2.45, 2.75) is 19.8 Å². The SMILES string of the molecule is CC(C)c1c(C#N)oc2c(F)cc(Br)cc12. The Morgan fingerprint density at radius 1 is 1.44 bits per heavy atom. The summed E-state index contributed by atoms with van der Waals surface area (Å²) in [6.45, 7) is 3.90. The lowest BCUT2D eigenvalue weighted by atomic mass is 10.00. The van der Waals surface area contributed by atoms with Gasteiger partial charge in [0.05, 0.1) is 0 Å². The minimum absolute atomic E-state index is 0.115. The molecule has 0 radical (unpaired) electrons. The summed E-state index contributed by atoms with van der Waals surface area (Å²) in [5.74, 6) is -0.139. The van der Waals surface area contributed by atoms with Crippen LogP contribution < -0.4 is 0 Å². The summed E-state index contributed by atoms with van der Waals surface area (Å²) in [4.78, 5) is 0. The van der Waals surface area contributed by atoms with E-state index in [1.807, 2.05) is 19.9 Å². The van der Waals surface area contributed by atoms with Crippen LogP contribution in [-0.2, 0) is 0 Å². The van der Waals surface area contributed by atoms with E-state index >= 15 is 0 Å². The Morgan fingerprint density at radius 3 is 2.69 bits per heavy atom. The Labute approximate surface area is 101 Å². The lowest BCUT2D eigenvalue weighted by Gasteiger charge is -2.02. The Bertz CT molecular complexity index is 595. The molecule has 0 bridgehead atoms. The molecular formula is C12H9BrFNO. The van der Waals surface area contributed by atoms with Gasteiger partial charge in [-0.2, -0.15) is 5.26 Å². The fourth-order valence-electron chi connectivity index (χ4n) is 1.80. The van der Waals surface area contributed by atoms with Gasteiger partial charge in [0.25, 0.3) is 0 Å². The number of nitriles is 1.